The minimum Gasteiger partial charge on any atom is -0.477 e. The summed E-state index contributed by atoms with van der Waals surface area (Å²) in [5, 5.41) is 12.1. The van der Waals surface area contributed by atoms with E-state index < -0.39 is 5.97 Å². The number of carbonyl (C=O) groups is 2. The van der Waals surface area contributed by atoms with E-state index in [1.807, 2.05) is 12.1 Å². The quantitative estimate of drug-likeness (QED) is 0.899. The van der Waals surface area contributed by atoms with Crippen LogP contribution in [0.5, 0.6) is 0 Å². The van der Waals surface area contributed by atoms with Crippen LogP contribution in [0.1, 0.15) is 45.4 Å². The van der Waals surface area contributed by atoms with Crippen LogP contribution in [0.15, 0.2) is 36.4 Å². The van der Waals surface area contributed by atoms with E-state index in [1.54, 1.807) is 18.2 Å². The Hall–Kier alpha value is -2.14. The molecule has 0 aliphatic carbocycles. The summed E-state index contributed by atoms with van der Waals surface area (Å²) in [5.41, 5.74) is 1.73. The van der Waals surface area contributed by atoms with Crippen LogP contribution < -0.4 is 5.32 Å². The van der Waals surface area contributed by atoms with Gasteiger partial charge in [0.2, 0.25) is 0 Å². The lowest BCUT2D eigenvalue weighted by Crippen LogP contribution is -2.10. The zero-order valence-corrected chi connectivity index (χ0v) is 12.0. The van der Waals surface area contributed by atoms with Gasteiger partial charge in [0.15, 0.2) is 0 Å². The zero-order valence-electron chi connectivity index (χ0n) is 11.2. The van der Waals surface area contributed by atoms with Gasteiger partial charge >= 0.3 is 5.97 Å². The fourth-order valence-corrected chi connectivity index (χ4v) is 2.46. The molecule has 0 saturated heterocycles. The largest absolute Gasteiger partial charge is 0.477 e. The number of hydrogen-bond acceptors (Lipinski definition) is 3. The van der Waals surface area contributed by atoms with Crippen LogP contribution in [0.4, 0.5) is 5.00 Å². The molecule has 0 bridgehead atoms. The zero-order chi connectivity index (χ0) is 14.7. The Bertz CT molecular complexity index is 629. The number of anilines is 1. The summed E-state index contributed by atoms with van der Waals surface area (Å²) in [5.74, 6) is -0.807. The predicted molar refractivity (Wildman–Crippen MR) is 79.8 cm³/mol. The first kappa shape index (κ1) is 14.3. The molecule has 0 aliphatic heterocycles. The van der Waals surface area contributed by atoms with Crippen molar-refractivity contribution in [3.05, 3.63) is 52.4 Å². The van der Waals surface area contributed by atoms with Crippen molar-refractivity contribution in [1.82, 2.24) is 0 Å². The van der Waals surface area contributed by atoms with Crippen LogP contribution in [0.2, 0.25) is 0 Å². The maximum atomic E-state index is 12.0. The molecule has 1 aromatic carbocycles. The smallest absolute Gasteiger partial charge is 0.345 e. The normalized spacial score (nSPS) is 10.6. The number of thiophene rings is 1. The van der Waals surface area contributed by atoms with E-state index in [1.165, 1.54) is 11.6 Å². The van der Waals surface area contributed by atoms with Gasteiger partial charge in [-0.25, -0.2) is 4.79 Å². The monoisotopic (exact) mass is 289 g/mol. The van der Waals surface area contributed by atoms with Crippen molar-refractivity contribution >= 4 is 28.2 Å². The second kappa shape index (κ2) is 5.88. The van der Waals surface area contributed by atoms with E-state index in [-0.39, 0.29) is 10.8 Å². The van der Waals surface area contributed by atoms with Crippen molar-refractivity contribution in [3.8, 4) is 0 Å². The Morgan fingerprint density at radius 3 is 2.25 bits per heavy atom. The molecule has 0 unspecified atom stereocenters. The highest BCUT2D eigenvalue weighted by Crippen LogP contribution is 2.22. The first-order valence-corrected chi connectivity index (χ1v) is 7.03. The van der Waals surface area contributed by atoms with Crippen molar-refractivity contribution in [2.75, 3.05) is 5.32 Å². The third kappa shape index (κ3) is 3.24. The summed E-state index contributed by atoms with van der Waals surface area (Å²) >= 11 is 1.04. The summed E-state index contributed by atoms with van der Waals surface area (Å²) < 4.78 is 0. The molecule has 5 heteroatoms. The highest BCUT2D eigenvalue weighted by molar-refractivity contribution is 7.18. The van der Waals surface area contributed by atoms with Gasteiger partial charge in [-0.1, -0.05) is 26.0 Å². The topological polar surface area (TPSA) is 66.4 Å². The molecule has 1 amide bonds. The second-order valence-electron chi connectivity index (χ2n) is 4.70. The number of carbonyl (C=O) groups excluding carboxylic acids is 1. The summed E-state index contributed by atoms with van der Waals surface area (Å²) in [4.78, 5) is 23.0. The van der Waals surface area contributed by atoms with Crippen molar-refractivity contribution in [2.24, 2.45) is 0 Å². The SMILES string of the molecule is CC(C)c1ccc(C(=O)Nc2ccc(C(=O)O)s2)cc1. The Balaban J connectivity index is 2.09. The molecule has 1 aromatic heterocycles. The Morgan fingerprint density at radius 1 is 1.10 bits per heavy atom. The molecule has 104 valence electrons. The molecular formula is C15H15NO3S. The van der Waals surface area contributed by atoms with Gasteiger partial charge in [0, 0.05) is 5.56 Å². The van der Waals surface area contributed by atoms with Crippen LogP contribution in [-0.2, 0) is 0 Å². The number of benzene rings is 1. The standard InChI is InChI=1S/C15H15NO3S/c1-9(2)10-3-5-11(6-4-10)14(17)16-13-8-7-12(20-13)15(18)19/h3-9H,1-2H3,(H,16,17)(H,18,19). The van der Waals surface area contributed by atoms with E-state index in [0.29, 0.717) is 16.5 Å². The van der Waals surface area contributed by atoms with Crippen LogP contribution in [-0.4, -0.2) is 17.0 Å². The second-order valence-corrected chi connectivity index (χ2v) is 5.78. The minimum absolute atomic E-state index is 0.204. The van der Waals surface area contributed by atoms with E-state index >= 15 is 0 Å². The maximum Gasteiger partial charge on any atom is 0.345 e. The molecule has 20 heavy (non-hydrogen) atoms. The number of hydrogen-bond donors (Lipinski definition) is 2. The van der Waals surface area contributed by atoms with Gasteiger partial charge in [-0.3, -0.25) is 4.79 Å². The molecule has 1 heterocycles. The number of carboxylic acid groups (broad SMARTS) is 1. The van der Waals surface area contributed by atoms with Crippen molar-refractivity contribution in [1.29, 1.82) is 0 Å². The van der Waals surface area contributed by atoms with Gasteiger partial charge in [0.25, 0.3) is 5.91 Å². The average Bonchev–Trinajstić information content (AvgIpc) is 2.87. The highest BCUT2D eigenvalue weighted by atomic mass is 32.1. The summed E-state index contributed by atoms with van der Waals surface area (Å²) in [6.45, 7) is 4.18. The fourth-order valence-electron chi connectivity index (χ4n) is 1.72. The van der Waals surface area contributed by atoms with E-state index in [2.05, 4.69) is 19.2 Å². The van der Waals surface area contributed by atoms with E-state index in [9.17, 15) is 9.59 Å². The van der Waals surface area contributed by atoms with Crippen LogP contribution in [0, 0.1) is 0 Å². The highest BCUT2D eigenvalue weighted by Gasteiger charge is 2.11. The molecule has 0 fully saturated rings. The average molecular weight is 289 g/mol. The Morgan fingerprint density at radius 2 is 1.75 bits per heavy atom. The van der Waals surface area contributed by atoms with Crippen molar-refractivity contribution in [3.63, 3.8) is 0 Å². The van der Waals surface area contributed by atoms with Crippen LogP contribution in [0.25, 0.3) is 0 Å². The lowest BCUT2D eigenvalue weighted by atomic mass is 10.0. The summed E-state index contributed by atoms with van der Waals surface area (Å²) in [6, 6.07) is 10.5. The third-order valence-corrected chi connectivity index (χ3v) is 3.88. The number of amides is 1. The fraction of sp³-hybridized carbons (Fsp3) is 0.200. The number of rotatable bonds is 4. The molecule has 2 aromatic rings. The number of carboxylic acids is 1. The molecule has 4 nitrogen and oxygen atoms in total. The van der Waals surface area contributed by atoms with Crippen LogP contribution in [0.3, 0.4) is 0 Å². The lowest BCUT2D eigenvalue weighted by molar-refractivity contribution is 0.0702. The van der Waals surface area contributed by atoms with Gasteiger partial charge in [0.1, 0.15) is 4.88 Å². The molecule has 0 saturated carbocycles. The van der Waals surface area contributed by atoms with Gasteiger partial charge in [0.05, 0.1) is 5.00 Å². The van der Waals surface area contributed by atoms with Crippen molar-refractivity contribution in [2.45, 2.75) is 19.8 Å². The number of nitrogens with one attached hydrogen (secondary N) is 1. The van der Waals surface area contributed by atoms with Crippen LogP contribution >= 0.6 is 11.3 Å². The molecule has 2 rings (SSSR count). The maximum absolute atomic E-state index is 12.0. The Kier molecular flexibility index (Phi) is 4.20. The molecule has 0 spiro atoms. The number of aromatic carboxylic acids is 1. The molecule has 0 radical (unpaired) electrons. The summed E-state index contributed by atoms with van der Waals surface area (Å²) in [7, 11) is 0. The molecule has 0 atom stereocenters. The molecule has 2 N–H and O–H groups in total. The lowest BCUT2D eigenvalue weighted by Gasteiger charge is -2.06. The van der Waals surface area contributed by atoms with Gasteiger partial charge in [-0.15, -0.1) is 11.3 Å². The van der Waals surface area contributed by atoms with Gasteiger partial charge in [-0.2, -0.15) is 0 Å². The van der Waals surface area contributed by atoms with E-state index in [4.69, 9.17) is 5.11 Å². The van der Waals surface area contributed by atoms with E-state index in [0.717, 1.165) is 11.3 Å². The summed E-state index contributed by atoms with van der Waals surface area (Å²) in [6.07, 6.45) is 0. The molecule has 0 aliphatic rings. The minimum atomic E-state index is -0.989. The van der Waals surface area contributed by atoms with Crippen molar-refractivity contribution < 1.29 is 14.7 Å². The van der Waals surface area contributed by atoms with Gasteiger partial charge in [-0.05, 0) is 35.7 Å². The van der Waals surface area contributed by atoms with Gasteiger partial charge < -0.3 is 10.4 Å². The first-order valence-electron chi connectivity index (χ1n) is 6.22. The first-order chi connectivity index (χ1) is 9.47. The molecular weight excluding hydrogens is 274 g/mol. The Labute approximate surface area is 121 Å². The third-order valence-electron chi connectivity index (χ3n) is 2.89. The predicted octanol–water partition coefficient (Wildman–Crippen LogP) is 3.82.